The summed E-state index contributed by atoms with van der Waals surface area (Å²) in [5.41, 5.74) is 3.12. The number of unbranched alkanes of at least 4 members (excludes halogenated alkanes) is 7. The van der Waals surface area contributed by atoms with Gasteiger partial charge >= 0.3 is 5.97 Å². The first-order chi connectivity index (χ1) is 15.6. The Labute approximate surface area is 194 Å². The molecular formula is C28H40N2O2. The zero-order valence-corrected chi connectivity index (χ0v) is 20.2. The molecule has 0 aliphatic rings. The van der Waals surface area contributed by atoms with Gasteiger partial charge in [0.15, 0.2) is 5.82 Å². The Morgan fingerprint density at radius 3 is 2.19 bits per heavy atom. The molecule has 174 valence electrons. The predicted molar refractivity (Wildman–Crippen MR) is 133 cm³/mol. The molecule has 0 amide bonds. The minimum Gasteiger partial charge on any atom is -0.460 e. The van der Waals surface area contributed by atoms with Crippen molar-refractivity contribution in [3.8, 4) is 11.4 Å². The van der Waals surface area contributed by atoms with Crippen LogP contribution >= 0.6 is 0 Å². The lowest BCUT2D eigenvalue weighted by molar-refractivity contribution is -0.142. The number of hydrogen-bond acceptors (Lipinski definition) is 4. The quantitative estimate of drug-likeness (QED) is 0.164. The van der Waals surface area contributed by atoms with Gasteiger partial charge in [-0.05, 0) is 49.8 Å². The number of aryl methyl sites for hydroxylation is 1. The largest absolute Gasteiger partial charge is 0.460 e. The van der Waals surface area contributed by atoms with Crippen molar-refractivity contribution in [3.05, 3.63) is 53.9 Å². The summed E-state index contributed by atoms with van der Waals surface area (Å²) >= 11 is 0. The number of esters is 1. The summed E-state index contributed by atoms with van der Waals surface area (Å²) in [4.78, 5) is 21.1. The fraction of sp³-hybridized carbons (Fsp3) is 0.536. The number of rotatable bonds is 15. The van der Waals surface area contributed by atoms with Gasteiger partial charge in [0, 0.05) is 24.0 Å². The maximum Gasteiger partial charge on any atom is 0.331 e. The average Bonchev–Trinajstić information content (AvgIpc) is 2.81. The lowest BCUT2D eigenvalue weighted by Gasteiger charge is -2.11. The van der Waals surface area contributed by atoms with Crippen LogP contribution in [0.25, 0.3) is 17.5 Å². The first-order valence-corrected chi connectivity index (χ1v) is 12.4. The average molecular weight is 437 g/mol. The van der Waals surface area contributed by atoms with E-state index in [9.17, 15) is 4.79 Å². The molecule has 2 rings (SSSR count). The molecule has 0 unspecified atom stereocenters. The van der Waals surface area contributed by atoms with Gasteiger partial charge in [-0.15, -0.1) is 0 Å². The second-order valence-electron chi connectivity index (χ2n) is 8.63. The molecule has 0 aliphatic carbocycles. The van der Waals surface area contributed by atoms with Crippen molar-refractivity contribution in [1.82, 2.24) is 9.97 Å². The summed E-state index contributed by atoms with van der Waals surface area (Å²) in [6.45, 7) is 6.39. The van der Waals surface area contributed by atoms with Crippen molar-refractivity contribution in [1.29, 1.82) is 0 Å². The Hall–Kier alpha value is -2.49. The van der Waals surface area contributed by atoms with Gasteiger partial charge in [0.25, 0.3) is 0 Å². The number of aromatic nitrogens is 2. The Morgan fingerprint density at radius 2 is 1.53 bits per heavy atom. The van der Waals surface area contributed by atoms with E-state index in [-0.39, 0.29) is 12.1 Å². The van der Waals surface area contributed by atoms with Gasteiger partial charge < -0.3 is 4.74 Å². The van der Waals surface area contributed by atoms with Crippen molar-refractivity contribution in [2.24, 2.45) is 0 Å². The highest BCUT2D eigenvalue weighted by molar-refractivity contribution is 5.87. The van der Waals surface area contributed by atoms with Crippen molar-refractivity contribution in [2.45, 2.75) is 97.5 Å². The normalized spacial score (nSPS) is 12.2. The Bertz CT molecular complexity index is 797. The van der Waals surface area contributed by atoms with Gasteiger partial charge in [-0.2, -0.15) is 0 Å². The highest BCUT2D eigenvalue weighted by Crippen LogP contribution is 2.17. The van der Waals surface area contributed by atoms with Crippen LogP contribution in [0.15, 0.2) is 42.7 Å². The Balaban J connectivity index is 1.79. The highest BCUT2D eigenvalue weighted by Gasteiger charge is 2.07. The third-order valence-corrected chi connectivity index (χ3v) is 5.64. The summed E-state index contributed by atoms with van der Waals surface area (Å²) < 4.78 is 5.46. The summed E-state index contributed by atoms with van der Waals surface area (Å²) in [5, 5.41) is 0. The molecule has 32 heavy (non-hydrogen) atoms. The van der Waals surface area contributed by atoms with Gasteiger partial charge in [-0.3, -0.25) is 0 Å². The van der Waals surface area contributed by atoms with Gasteiger partial charge in [0.1, 0.15) is 0 Å². The topological polar surface area (TPSA) is 52.1 Å². The van der Waals surface area contributed by atoms with Crippen LogP contribution in [-0.4, -0.2) is 22.0 Å². The van der Waals surface area contributed by atoms with E-state index >= 15 is 0 Å². The monoisotopic (exact) mass is 436 g/mol. The standard InChI is InChI=1S/C28H40N2O2/c1-4-6-8-10-12-14-25-21-29-28(30-22-25)26-18-15-24(16-19-26)17-20-27(31)32-23(3)13-11-9-7-5-2/h15-23H,4-14H2,1-3H3/t23-/m1/s1. The second kappa shape index (κ2) is 15.3. The summed E-state index contributed by atoms with van der Waals surface area (Å²) in [6, 6.07) is 7.92. The lowest BCUT2D eigenvalue weighted by atomic mass is 10.1. The van der Waals surface area contributed by atoms with Crippen LogP contribution in [0, 0.1) is 0 Å². The molecule has 0 radical (unpaired) electrons. The first-order valence-electron chi connectivity index (χ1n) is 12.4. The zero-order chi connectivity index (χ0) is 23.0. The molecule has 2 aromatic rings. The number of nitrogens with zero attached hydrogens (tertiary/aromatic N) is 2. The van der Waals surface area contributed by atoms with Gasteiger partial charge in [0.2, 0.25) is 0 Å². The van der Waals surface area contributed by atoms with Gasteiger partial charge in [0.05, 0.1) is 6.10 Å². The first kappa shape index (κ1) is 25.8. The van der Waals surface area contributed by atoms with Gasteiger partial charge in [-0.25, -0.2) is 14.8 Å². The predicted octanol–water partition coefficient (Wildman–Crippen LogP) is 7.57. The molecule has 1 atom stereocenters. The van der Waals surface area contributed by atoms with Gasteiger partial charge in [-0.1, -0.05) is 83.1 Å². The molecule has 1 aromatic heterocycles. The van der Waals surface area contributed by atoms with Crippen LogP contribution < -0.4 is 0 Å². The fourth-order valence-electron chi connectivity index (χ4n) is 3.63. The van der Waals surface area contributed by atoms with E-state index < -0.39 is 0 Å². The van der Waals surface area contributed by atoms with E-state index in [0.717, 1.165) is 36.2 Å². The molecule has 1 heterocycles. The van der Waals surface area contributed by atoms with Crippen LogP contribution in [0.4, 0.5) is 0 Å². The molecular weight excluding hydrogens is 396 g/mol. The SMILES string of the molecule is CCCCCCCc1cnc(-c2ccc(C=CC(=O)O[C@H](C)CCCCCC)cc2)nc1. The van der Waals surface area contributed by atoms with E-state index in [1.54, 1.807) is 6.08 Å². The second-order valence-corrected chi connectivity index (χ2v) is 8.63. The molecule has 0 saturated carbocycles. The summed E-state index contributed by atoms with van der Waals surface area (Å²) in [5.74, 6) is 0.442. The third-order valence-electron chi connectivity index (χ3n) is 5.64. The Morgan fingerprint density at radius 1 is 0.906 bits per heavy atom. The highest BCUT2D eigenvalue weighted by atomic mass is 16.5. The van der Waals surface area contributed by atoms with E-state index in [4.69, 9.17) is 4.74 Å². The molecule has 0 N–H and O–H groups in total. The van der Waals surface area contributed by atoms with E-state index in [2.05, 4.69) is 23.8 Å². The molecule has 0 saturated heterocycles. The minimum absolute atomic E-state index is 0.0390. The maximum absolute atomic E-state index is 12.0. The van der Waals surface area contributed by atoms with E-state index in [0.29, 0.717) is 0 Å². The Kier molecular flexibility index (Phi) is 12.3. The molecule has 4 nitrogen and oxygen atoms in total. The van der Waals surface area contributed by atoms with Crippen molar-refractivity contribution in [3.63, 3.8) is 0 Å². The smallest absolute Gasteiger partial charge is 0.331 e. The van der Waals surface area contributed by atoms with Crippen molar-refractivity contribution in [2.75, 3.05) is 0 Å². The van der Waals surface area contributed by atoms with Crippen LogP contribution in [0.1, 0.15) is 96.1 Å². The summed E-state index contributed by atoms with van der Waals surface area (Å²) in [6.07, 6.45) is 20.2. The molecule has 0 spiro atoms. The van der Waals surface area contributed by atoms with E-state index in [1.165, 1.54) is 63.0 Å². The third kappa shape index (κ3) is 10.2. The molecule has 1 aromatic carbocycles. The molecule has 0 bridgehead atoms. The van der Waals surface area contributed by atoms with Crippen LogP contribution in [-0.2, 0) is 16.0 Å². The number of ether oxygens (including phenoxy) is 1. The number of carbonyl (C=O) groups is 1. The lowest BCUT2D eigenvalue weighted by Crippen LogP contribution is -2.12. The van der Waals surface area contributed by atoms with E-state index in [1.807, 2.05) is 43.6 Å². The van der Waals surface area contributed by atoms with Crippen LogP contribution in [0.3, 0.4) is 0 Å². The number of benzene rings is 1. The van der Waals surface area contributed by atoms with Crippen LogP contribution in [0.2, 0.25) is 0 Å². The van der Waals surface area contributed by atoms with Crippen molar-refractivity contribution >= 4 is 12.0 Å². The number of carbonyl (C=O) groups excluding carboxylic acids is 1. The zero-order valence-electron chi connectivity index (χ0n) is 20.2. The minimum atomic E-state index is -0.286. The molecule has 4 heteroatoms. The number of hydrogen-bond donors (Lipinski definition) is 0. The fourth-order valence-corrected chi connectivity index (χ4v) is 3.63. The maximum atomic E-state index is 12.0. The molecule has 0 fully saturated rings. The van der Waals surface area contributed by atoms with Crippen LogP contribution in [0.5, 0.6) is 0 Å². The summed E-state index contributed by atoms with van der Waals surface area (Å²) in [7, 11) is 0. The molecule has 0 aliphatic heterocycles. The van der Waals surface area contributed by atoms with Crippen molar-refractivity contribution < 1.29 is 9.53 Å².